The average molecular weight is 526 g/mol. The summed E-state index contributed by atoms with van der Waals surface area (Å²) in [7, 11) is 0. The molecule has 12 atom stereocenters. The van der Waals surface area contributed by atoms with Crippen molar-refractivity contribution in [2.45, 2.75) is 98.7 Å². The van der Waals surface area contributed by atoms with Gasteiger partial charge in [0.15, 0.2) is 0 Å². The third kappa shape index (κ3) is 4.88. The second kappa shape index (κ2) is 10.8. The van der Waals surface area contributed by atoms with Crippen molar-refractivity contribution in [2.75, 3.05) is 19.7 Å². The van der Waals surface area contributed by atoms with E-state index in [0.717, 1.165) is 19.4 Å². The molecule has 0 aromatic carbocycles. The Balaban J connectivity index is 1.32. The summed E-state index contributed by atoms with van der Waals surface area (Å²) in [6.07, 6.45) is 5.04. The number of hydrogen-bond acceptors (Lipinski definition) is 9. The topological polar surface area (TPSA) is 146 Å². The van der Waals surface area contributed by atoms with E-state index >= 15 is 0 Å². The zero-order valence-electron chi connectivity index (χ0n) is 21.3. The minimum atomic E-state index is -1.14. The van der Waals surface area contributed by atoms with E-state index in [2.05, 4.69) is 24.5 Å². The van der Waals surface area contributed by atoms with E-state index in [-0.39, 0.29) is 17.3 Å². The fourth-order valence-electron chi connectivity index (χ4n) is 7.03. The number of fused-ring (bicyclic) bond motifs is 2. The highest BCUT2D eigenvalue weighted by Crippen LogP contribution is 2.58. The molecule has 2 bridgehead atoms. The van der Waals surface area contributed by atoms with Gasteiger partial charge >= 0.3 is 0 Å². The third-order valence-electron chi connectivity index (χ3n) is 8.87. The maximum absolute atomic E-state index is 13.6. The first-order valence-electron chi connectivity index (χ1n) is 13.6. The van der Waals surface area contributed by atoms with Gasteiger partial charge in [-0.05, 0) is 49.9 Å². The van der Waals surface area contributed by atoms with Crippen LogP contribution < -0.4 is 16.4 Å². The Kier molecular flexibility index (Phi) is 8.06. The van der Waals surface area contributed by atoms with Gasteiger partial charge in [-0.15, -0.1) is 11.8 Å². The lowest BCUT2D eigenvalue weighted by molar-refractivity contribution is -0.156. The van der Waals surface area contributed by atoms with Crippen LogP contribution in [0.15, 0.2) is 12.2 Å². The van der Waals surface area contributed by atoms with Crippen molar-refractivity contribution < 1.29 is 29.6 Å². The molecular weight excluding hydrogens is 482 g/mol. The molecule has 5 unspecified atom stereocenters. The van der Waals surface area contributed by atoms with Gasteiger partial charge in [0.25, 0.3) is 0 Å². The highest BCUT2D eigenvalue weighted by atomic mass is 32.2. The number of allylic oxidation sites excluding steroid dienone is 1. The zero-order valence-corrected chi connectivity index (χ0v) is 22.1. The standard InChI is InChI=1S/C26H43N3O6S/c1-13(2)9-14-7-8-34-22-15(10-14)12-28-19(22)24(33)29-17-6-4-3-5-16(11-27)36-25-21(31)20(30)18-23(32)26(17,18)35-25/h3-4,13-23,25,28,30-32H,5-12,27H2,1-2H3,(H,29,33)/b4-3-/t14-,15-,16-,17+,18?,19-,20?,21+,22+,23?,25?,26?/m0/s1. The fraction of sp³-hybridized carbons (Fsp3) is 0.885. The SMILES string of the molecule is CC(C)C[C@@H]1CCO[C@@H]2[C@H](CN[C@@H]2C(=O)N[C@@H]2C/C=C\C[C@@H](CN)SC3OC24C(O)C4C(O)[C@H]3O)C1. The van der Waals surface area contributed by atoms with Crippen molar-refractivity contribution in [3.8, 4) is 0 Å². The number of aliphatic hydroxyl groups is 3. The molecule has 0 aromatic rings. The van der Waals surface area contributed by atoms with Crippen LogP contribution in [0.2, 0.25) is 0 Å². The van der Waals surface area contributed by atoms with Crippen LogP contribution in [-0.4, -0.2) is 93.7 Å². The molecule has 1 amide bonds. The summed E-state index contributed by atoms with van der Waals surface area (Å²) in [4.78, 5) is 13.6. The van der Waals surface area contributed by atoms with Crippen LogP contribution >= 0.6 is 11.8 Å². The fourth-order valence-corrected chi connectivity index (χ4v) is 8.29. The van der Waals surface area contributed by atoms with Gasteiger partial charge in [-0.1, -0.05) is 26.0 Å². The number of amides is 1. The highest BCUT2D eigenvalue weighted by Gasteiger charge is 2.77. The second-order valence-electron chi connectivity index (χ2n) is 11.8. The normalized spacial score (nSPS) is 49.5. The number of aliphatic hydroxyl groups excluding tert-OH is 3. The van der Waals surface area contributed by atoms with Crippen molar-refractivity contribution >= 4 is 17.7 Å². The van der Waals surface area contributed by atoms with Gasteiger partial charge in [-0.3, -0.25) is 4.79 Å². The molecule has 5 rings (SSSR count). The number of nitrogens with one attached hydrogen (secondary N) is 2. The molecule has 204 valence electrons. The molecule has 1 saturated carbocycles. The zero-order chi connectivity index (χ0) is 25.6. The van der Waals surface area contributed by atoms with E-state index < -0.39 is 47.4 Å². The molecule has 0 radical (unpaired) electrons. The minimum Gasteiger partial charge on any atom is -0.390 e. The summed E-state index contributed by atoms with van der Waals surface area (Å²) in [5.41, 5.74) is 4.04. The first-order valence-corrected chi connectivity index (χ1v) is 14.6. The van der Waals surface area contributed by atoms with Crippen LogP contribution in [0.1, 0.15) is 46.0 Å². The minimum absolute atomic E-state index is 0.0234. The summed E-state index contributed by atoms with van der Waals surface area (Å²) in [5, 5.41) is 39.0. The summed E-state index contributed by atoms with van der Waals surface area (Å²) < 4.78 is 12.6. The molecule has 10 heteroatoms. The molecule has 3 saturated heterocycles. The summed E-state index contributed by atoms with van der Waals surface area (Å²) in [5.74, 6) is 0.730. The first-order chi connectivity index (χ1) is 17.3. The Bertz CT molecular complexity index is 832. The molecule has 1 aliphatic carbocycles. The molecule has 4 fully saturated rings. The van der Waals surface area contributed by atoms with Gasteiger partial charge in [0.1, 0.15) is 23.2 Å². The maximum atomic E-state index is 13.6. The highest BCUT2D eigenvalue weighted by molar-refractivity contribution is 8.00. The van der Waals surface area contributed by atoms with E-state index in [1.807, 2.05) is 12.2 Å². The van der Waals surface area contributed by atoms with Crippen molar-refractivity contribution in [3.05, 3.63) is 12.2 Å². The van der Waals surface area contributed by atoms with Crippen molar-refractivity contribution in [1.82, 2.24) is 10.6 Å². The molecule has 7 N–H and O–H groups in total. The monoisotopic (exact) mass is 525 g/mol. The third-order valence-corrected chi connectivity index (χ3v) is 10.3. The van der Waals surface area contributed by atoms with Crippen molar-refractivity contribution in [2.24, 2.45) is 29.4 Å². The van der Waals surface area contributed by atoms with E-state index in [9.17, 15) is 20.1 Å². The van der Waals surface area contributed by atoms with Crippen LogP contribution in [0.25, 0.3) is 0 Å². The molecular formula is C26H43N3O6S. The Hall–Kier alpha value is -0.720. The Morgan fingerprint density at radius 1 is 1.25 bits per heavy atom. The van der Waals surface area contributed by atoms with E-state index in [4.69, 9.17) is 15.2 Å². The predicted octanol–water partition coefficient (Wildman–Crippen LogP) is 0.119. The largest absolute Gasteiger partial charge is 0.390 e. The average Bonchev–Trinajstić information content (AvgIpc) is 3.32. The number of nitrogens with two attached hydrogens (primary N) is 1. The molecule has 0 aromatic heterocycles. The Labute approximate surface area is 217 Å². The molecule has 4 aliphatic heterocycles. The van der Waals surface area contributed by atoms with Gasteiger partial charge in [-0.25, -0.2) is 0 Å². The van der Waals surface area contributed by atoms with E-state index in [0.29, 0.717) is 43.7 Å². The number of carbonyl (C=O) groups excluding carboxylic acids is 1. The van der Waals surface area contributed by atoms with Crippen LogP contribution in [0.4, 0.5) is 0 Å². The summed E-state index contributed by atoms with van der Waals surface area (Å²) in [6, 6.07) is -1.01. The van der Waals surface area contributed by atoms with E-state index in [1.54, 1.807) is 0 Å². The van der Waals surface area contributed by atoms with Crippen LogP contribution in [-0.2, 0) is 14.3 Å². The van der Waals surface area contributed by atoms with Gasteiger partial charge < -0.3 is 41.2 Å². The number of ether oxygens (including phenoxy) is 2. The summed E-state index contributed by atoms with van der Waals surface area (Å²) >= 11 is 1.39. The van der Waals surface area contributed by atoms with Gasteiger partial charge in [0, 0.05) is 24.9 Å². The molecule has 4 heterocycles. The van der Waals surface area contributed by atoms with Crippen LogP contribution in [0, 0.1) is 23.7 Å². The van der Waals surface area contributed by atoms with Gasteiger partial charge in [-0.2, -0.15) is 0 Å². The molecule has 9 nitrogen and oxygen atoms in total. The van der Waals surface area contributed by atoms with Crippen molar-refractivity contribution in [1.29, 1.82) is 0 Å². The lowest BCUT2D eigenvalue weighted by Crippen LogP contribution is -2.59. The maximum Gasteiger partial charge on any atom is 0.240 e. The van der Waals surface area contributed by atoms with Crippen LogP contribution in [0.5, 0.6) is 0 Å². The lowest BCUT2D eigenvalue weighted by atomic mass is 9.85. The summed E-state index contributed by atoms with van der Waals surface area (Å²) in [6.45, 7) is 6.32. The lowest BCUT2D eigenvalue weighted by Gasteiger charge is -2.41. The van der Waals surface area contributed by atoms with E-state index in [1.165, 1.54) is 18.2 Å². The Morgan fingerprint density at radius 2 is 2.03 bits per heavy atom. The molecule has 36 heavy (non-hydrogen) atoms. The second-order valence-corrected chi connectivity index (χ2v) is 13.2. The van der Waals surface area contributed by atoms with Gasteiger partial charge in [0.2, 0.25) is 5.91 Å². The quantitative estimate of drug-likeness (QED) is 0.276. The van der Waals surface area contributed by atoms with Gasteiger partial charge in [0.05, 0.1) is 30.3 Å². The van der Waals surface area contributed by atoms with Crippen molar-refractivity contribution in [3.63, 3.8) is 0 Å². The molecule has 5 aliphatic rings. The smallest absolute Gasteiger partial charge is 0.240 e. The predicted molar refractivity (Wildman–Crippen MR) is 137 cm³/mol. The first kappa shape index (κ1) is 26.9. The van der Waals surface area contributed by atoms with Crippen LogP contribution in [0.3, 0.4) is 0 Å². The Morgan fingerprint density at radius 3 is 2.78 bits per heavy atom. The molecule has 1 spiro atoms. The number of thioether (sulfide) groups is 1. The number of hydrogen-bond donors (Lipinski definition) is 6. The number of carbonyl (C=O) groups is 1. The number of rotatable bonds is 5.